The number of nitrogens with one attached hydrogen (secondary N) is 1. The van der Waals surface area contributed by atoms with Crippen LogP contribution in [-0.4, -0.2) is 61.4 Å². The molecule has 0 bridgehead atoms. The molecule has 17 heavy (non-hydrogen) atoms. The number of hydrogen-bond acceptors (Lipinski definition) is 4. The van der Waals surface area contributed by atoms with Crippen molar-refractivity contribution in [2.24, 2.45) is 5.41 Å². The van der Waals surface area contributed by atoms with Crippen LogP contribution in [0.2, 0.25) is 0 Å². The van der Waals surface area contributed by atoms with Gasteiger partial charge in [0, 0.05) is 31.7 Å². The fraction of sp³-hybridized carbons (Fsp3) is 0.917. The van der Waals surface area contributed by atoms with E-state index >= 15 is 0 Å². The van der Waals surface area contributed by atoms with Crippen molar-refractivity contribution in [3.63, 3.8) is 0 Å². The van der Waals surface area contributed by atoms with Crippen molar-refractivity contribution in [3.8, 4) is 0 Å². The second kappa shape index (κ2) is 5.33. The third-order valence-corrected chi connectivity index (χ3v) is 3.77. The van der Waals surface area contributed by atoms with Gasteiger partial charge in [-0.2, -0.15) is 0 Å². The van der Waals surface area contributed by atoms with Crippen LogP contribution in [0.3, 0.4) is 0 Å². The molecule has 2 N–H and O–H groups in total. The first kappa shape index (κ1) is 12.8. The second-order valence-electron chi connectivity index (χ2n) is 5.20. The Balaban J connectivity index is 1.74. The fourth-order valence-electron chi connectivity index (χ4n) is 2.08. The number of carbonyl (C=O) groups is 1. The van der Waals surface area contributed by atoms with Gasteiger partial charge in [0.15, 0.2) is 0 Å². The summed E-state index contributed by atoms with van der Waals surface area (Å²) in [6, 6.07) is -0.169. The summed E-state index contributed by atoms with van der Waals surface area (Å²) in [4.78, 5) is 13.9. The molecule has 0 spiro atoms. The Bertz CT molecular complexity index is 273. The van der Waals surface area contributed by atoms with Gasteiger partial charge in [-0.3, -0.25) is 4.79 Å². The smallest absolute Gasteiger partial charge is 0.239 e. The summed E-state index contributed by atoms with van der Waals surface area (Å²) in [5, 5.41) is 12.4. The van der Waals surface area contributed by atoms with E-state index in [4.69, 9.17) is 4.74 Å². The van der Waals surface area contributed by atoms with Crippen LogP contribution in [0.4, 0.5) is 0 Å². The second-order valence-corrected chi connectivity index (χ2v) is 5.20. The summed E-state index contributed by atoms with van der Waals surface area (Å²) >= 11 is 0. The van der Waals surface area contributed by atoms with E-state index in [1.165, 1.54) is 0 Å². The number of aliphatic hydroxyl groups excluding tert-OH is 1. The number of amides is 1. The van der Waals surface area contributed by atoms with Gasteiger partial charge in [-0.15, -0.1) is 0 Å². The van der Waals surface area contributed by atoms with E-state index in [1.807, 2.05) is 11.8 Å². The van der Waals surface area contributed by atoms with E-state index in [2.05, 4.69) is 5.32 Å². The predicted octanol–water partition coefficient (Wildman–Crippen LogP) is -0.404. The van der Waals surface area contributed by atoms with Crippen molar-refractivity contribution in [3.05, 3.63) is 0 Å². The minimum atomic E-state index is -0.169. The molecule has 2 aliphatic rings. The predicted molar refractivity (Wildman–Crippen MR) is 63.6 cm³/mol. The van der Waals surface area contributed by atoms with Gasteiger partial charge >= 0.3 is 0 Å². The normalized spacial score (nSPS) is 24.5. The molecule has 0 radical (unpaired) electrons. The molecule has 0 aromatic carbocycles. The summed E-state index contributed by atoms with van der Waals surface area (Å²) in [7, 11) is 0. The van der Waals surface area contributed by atoms with E-state index in [1.54, 1.807) is 0 Å². The first-order chi connectivity index (χ1) is 8.17. The van der Waals surface area contributed by atoms with Crippen LogP contribution < -0.4 is 5.32 Å². The molecule has 1 aliphatic carbocycles. The first-order valence-corrected chi connectivity index (χ1v) is 6.38. The molecule has 2 rings (SSSR count). The molecule has 5 nitrogen and oxygen atoms in total. The van der Waals surface area contributed by atoms with Crippen molar-refractivity contribution in [1.29, 1.82) is 0 Å². The van der Waals surface area contributed by atoms with Crippen LogP contribution in [0.15, 0.2) is 0 Å². The lowest BCUT2D eigenvalue weighted by molar-refractivity contribution is -0.137. The maximum absolute atomic E-state index is 12.1. The molecular weight excluding hydrogens is 220 g/mol. The van der Waals surface area contributed by atoms with Crippen LogP contribution in [0.25, 0.3) is 0 Å². The maximum atomic E-state index is 12.1. The Morgan fingerprint density at radius 3 is 2.65 bits per heavy atom. The van der Waals surface area contributed by atoms with Crippen molar-refractivity contribution in [2.45, 2.75) is 25.8 Å². The minimum absolute atomic E-state index is 0.0551. The van der Waals surface area contributed by atoms with Crippen molar-refractivity contribution >= 4 is 5.91 Å². The van der Waals surface area contributed by atoms with Crippen LogP contribution in [-0.2, 0) is 9.53 Å². The van der Waals surface area contributed by atoms with E-state index in [9.17, 15) is 9.90 Å². The minimum Gasteiger partial charge on any atom is -0.396 e. The topological polar surface area (TPSA) is 61.8 Å². The summed E-state index contributed by atoms with van der Waals surface area (Å²) in [6.07, 6.45) is 2.13. The fourth-order valence-corrected chi connectivity index (χ4v) is 2.08. The van der Waals surface area contributed by atoms with Crippen LogP contribution in [0, 0.1) is 5.41 Å². The molecule has 5 heteroatoms. The molecule has 1 aliphatic heterocycles. The van der Waals surface area contributed by atoms with Crippen LogP contribution in [0.1, 0.15) is 19.8 Å². The van der Waals surface area contributed by atoms with E-state index in [0.29, 0.717) is 26.3 Å². The maximum Gasteiger partial charge on any atom is 0.239 e. The van der Waals surface area contributed by atoms with E-state index in [-0.39, 0.29) is 24.0 Å². The average molecular weight is 242 g/mol. The summed E-state index contributed by atoms with van der Waals surface area (Å²) in [6.45, 7) is 5.51. The molecule has 1 atom stereocenters. The van der Waals surface area contributed by atoms with Gasteiger partial charge in [0.05, 0.1) is 19.3 Å². The molecule has 1 heterocycles. The van der Waals surface area contributed by atoms with Crippen molar-refractivity contribution in [2.75, 3.05) is 39.5 Å². The lowest BCUT2D eigenvalue weighted by Crippen LogP contribution is -2.50. The molecule has 0 aromatic heterocycles. The Morgan fingerprint density at radius 1 is 1.47 bits per heavy atom. The average Bonchev–Trinajstić information content (AvgIpc) is 3.17. The van der Waals surface area contributed by atoms with Crippen LogP contribution >= 0.6 is 0 Å². The van der Waals surface area contributed by atoms with Gasteiger partial charge in [0.2, 0.25) is 5.91 Å². The molecule has 0 aromatic rings. The monoisotopic (exact) mass is 242 g/mol. The van der Waals surface area contributed by atoms with Crippen LogP contribution in [0.5, 0.6) is 0 Å². The lowest BCUT2D eigenvalue weighted by atomic mass is 10.1. The molecule has 1 saturated carbocycles. The Morgan fingerprint density at radius 2 is 2.12 bits per heavy atom. The number of ether oxygens (including phenoxy) is 1. The van der Waals surface area contributed by atoms with Gasteiger partial charge in [-0.1, -0.05) is 0 Å². The van der Waals surface area contributed by atoms with E-state index < -0.39 is 0 Å². The molecular formula is C12H22N2O3. The molecule has 2 fully saturated rings. The standard InChI is InChI=1S/C12H22N2O3/c1-10(13-8-12(9-15)2-3-12)11(16)14-4-6-17-7-5-14/h10,13,15H,2-9H2,1H3. The quantitative estimate of drug-likeness (QED) is 0.688. The third-order valence-electron chi connectivity index (χ3n) is 3.77. The van der Waals surface area contributed by atoms with Gasteiger partial charge < -0.3 is 20.1 Å². The van der Waals surface area contributed by atoms with Gasteiger partial charge in [0.25, 0.3) is 0 Å². The highest BCUT2D eigenvalue weighted by Gasteiger charge is 2.42. The van der Waals surface area contributed by atoms with Gasteiger partial charge in [-0.25, -0.2) is 0 Å². The Labute approximate surface area is 102 Å². The number of hydrogen-bond donors (Lipinski definition) is 2. The molecule has 1 amide bonds. The SMILES string of the molecule is CC(NCC1(CO)CC1)C(=O)N1CCOCC1. The number of aliphatic hydroxyl groups is 1. The number of morpholine rings is 1. The Hall–Kier alpha value is -0.650. The Kier molecular flexibility index (Phi) is 4.01. The van der Waals surface area contributed by atoms with Crippen molar-refractivity contribution < 1.29 is 14.6 Å². The highest BCUT2D eigenvalue weighted by Crippen LogP contribution is 2.44. The highest BCUT2D eigenvalue weighted by molar-refractivity contribution is 5.81. The first-order valence-electron chi connectivity index (χ1n) is 6.38. The molecule has 98 valence electrons. The zero-order valence-electron chi connectivity index (χ0n) is 10.4. The highest BCUT2D eigenvalue weighted by atomic mass is 16.5. The van der Waals surface area contributed by atoms with E-state index in [0.717, 1.165) is 19.4 Å². The number of nitrogens with zero attached hydrogens (tertiary/aromatic N) is 1. The summed E-state index contributed by atoms with van der Waals surface area (Å²) < 4.78 is 5.22. The zero-order valence-corrected chi connectivity index (χ0v) is 10.4. The lowest BCUT2D eigenvalue weighted by Gasteiger charge is -2.30. The third kappa shape index (κ3) is 3.18. The summed E-state index contributed by atoms with van der Waals surface area (Å²) in [5.41, 5.74) is 0.0551. The largest absolute Gasteiger partial charge is 0.396 e. The molecule has 1 saturated heterocycles. The zero-order chi connectivity index (χ0) is 12.3. The van der Waals surface area contributed by atoms with Crippen molar-refractivity contribution in [1.82, 2.24) is 10.2 Å². The number of rotatable bonds is 5. The number of carbonyl (C=O) groups excluding carboxylic acids is 1. The van der Waals surface area contributed by atoms with Gasteiger partial charge in [-0.05, 0) is 19.8 Å². The van der Waals surface area contributed by atoms with Gasteiger partial charge in [0.1, 0.15) is 0 Å². The molecule has 1 unspecified atom stereocenters. The summed E-state index contributed by atoms with van der Waals surface area (Å²) in [5.74, 6) is 0.141.